The first-order valence-corrected chi connectivity index (χ1v) is 6.67. The van der Waals surface area contributed by atoms with E-state index in [9.17, 15) is 4.79 Å². The molecule has 0 amide bonds. The van der Waals surface area contributed by atoms with Gasteiger partial charge in [0.25, 0.3) is 0 Å². The molecule has 1 aliphatic carbocycles. The van der Waals surface area contributed by atoms with Crippen molar-refractivity contribution in [1.82, 2.24) is 5.32 Å². The van der Waals surface area contributed by atoms with Gasteiger partial charge in [-0.3, -0.25) is 4.79 Å². The van der Waals surface area contributed by atoms with Crippen LogP contribution < -0.4 is 5.32 Å². The van der Waals surface area contributed by atoms with E-state index in [4.69, 9.17) is 4.74 Å². The van der Waals surface area contributed by atoms with E-state index in [-0.39, 0.29) is 18.0 Å². The van der Waals surface area contributed by atoms with Crippen molar-refractivity contribution in [3.63, 3.8) is 0 Å². The maximum absolute atomic E-state index is 11.9. The maximum Gasteiger partial charge on any atom is 0.310 e. The second kappa shape index (κ2) is 5.67. The third-order valence-electron chi connectivity index (χ3n) is 3.80. The summed E-state index contributed by atoms with van der Waals surface area (Å²) in [5.74, 6) is 0.855. The zero-order chi connectivity index (χ0) is 11.4. The van der Waals surface area contributed by atoms with E-state index in [2.05, 4.69) is 12.2 Å². The van der Waals surface area contributed by atoms with E-state index in [1.54, 1.807) is 0 Å². The highest BCUT2D eigenvalue weighted by Gasteiger charge is 2.27. The van der Waals surface area contributed by atoms with Crippen LogP contribution in [0.25, 0.3) is 0 Å². The first-order valence-electron chi connectivity index (χ1n) is 6.67. The fourth-order valence-corrected chi connectivity index (χ4v) is 2.80. The first-order chi connectivity index (χ1) is 7.75. The van der Waals surface area contributed by atoms with Crippen LogP contribution >= 0.6 is 0 Å². The Bertz CT molecular complexity index is 236. The molecule has 3 nitrogen and oxygen atoms in total. The lowest BCUT2D eigenvalue weighted by Crippen LogP contribution is -2.37. The summed E-state index contributed by atoms with van der Waals surface area (Å²) in [5.41, 5.74) is 0. The average molecular weight is 225 g/mol. The molecule has 1 saturated heterocycles. The van der Waals surface area contributed by atoms with Crippen LogP contribution in [0.15, 0.2) is 0 Å². The maximum atomic E-state index is 11.9. The summed E-state index contributed by atoms with van der Waals surface area (Å²) in [6, 6.07) is 0. The van der Waals surface area contributed by atoms with Crippen LogP contribution in [-0.2, 0) is 9.53 Å². The number of hydrogen-bond donors (Lipinski definition) is 1. The molecule has 0 aromatic heterocycles. The van der Waals surface area contributed by atoms with E-state index >= 15 is 0 Å². The molecule has 1 heterocycles. The van der Waals surface area contributed by atoms with Crippen LogP contribution in [0.3, 0.4) is 0 Å². The number of rotatable bonds is 2. The molecule has 92 valence electrons. The number of ether oxygens (including phenoxy) is 1. The molecule has 0 bridgehead atoms. The van der Waals surface area contributed by atoms with Gasteiger partial charge in [-0.2, -0.15) is 0 Å². The predicted octanol–water partition coefficient (Wildman–Crippen LogP) is 2.11. The Morgan fingerprint density at radius 3 is 2.81 bits per heavy atom. The van der Waals surface area contributed by atoms with Crippen molar-refractivity contribution in [3.8, 4) is 0 Å². The van der Waals surface area contributed by atoms with Gasteiger partial charge in [-0.1, -0.05) is 13.3 Å². The number of piperidine rings is 1. The first kappa shape index (κ1) is 11.9. The number of nitrogens with one attached hydrogen (secondary N) is 1. The topological polar surface area (TPSA) is 38.3 Å². The summed E-state index contributed by atoms with van der Waals surface area (Å²) >= 11 is 0. The second-order valence-corrected chi connectivity index (χ2v) is 5.37. The zero-order valence-corrected chi connectivity index (χ0v) is 10.2. The van der Waals surface area contributed by atoms with Gasteiger partial charge in [-0.05, 0) is 44.6 Å². The molecule has 0 radical (unpaired) electrons. The fraction of sp³-hybridized carbons (Fsp3) is 0.923. The van der Waals surface area contributed by atoms with Crippen LogP contribution in [0.5, 0.6) is 0 Å². The molecular weight excluding hydrogens is 202 g/mol. The normalized spacial score (nSPS) is 35.7. The number of carbonyl (C=O) groups excluding carboxylic acids is 1. The Labute approximate surface area is 97.9 Å². The minimum Gasteiger partial charge on any atom is -0.462 e. The molecule has 1 saturated carbocycles. The average Bonchev–Trinajstić information content (AvgIpc) is 2.30. The fourth-order valence-electron chi connectivity index (χ4n) is 2.80. The predicted molar refractivity (Wildman–Crippen MR) is 63.1 cm³/mol. The van der Waals surface area contributed by atoms with Crippen LogP contribution in [0.4, 0.5) is 0 Å². The van der Waals surface area contributed by atoms with Crippen molar-refractivity contribution in [2.24, 2.45) is 11.8 Å². The van der Waals surface area contributed by atoms with Crippen LogP contribution in [0, 0.1) is 11.8 Å². The molecular formula is C13H23NO2. The van der Waals surface area contributed by atoms with Gasteiger partial charge in [0, 0.05) is 6.54 Å². The Kier molecular flexibility index (Phi) is 4.22. The smallest absolute Gasteiger partial charge is 0.310 e. The van der Waals surface area contributed by atoms with Crippen molar-refractivity contribution in [2.45, 2.75) is 51.6 Å². The van der Waals surface area contributed by atoms with Gasteiger partial charge in [0.2, 0.25) is 0 Å². The van der Waals surface area contributed by atoms with Crippen LogP contribution in [0.1, 0.15) is 45.4 Å². The van der Waals surface area contributed by atoms with Crippen molar-refractivity contribution in [2.75, 3.05) is 13.1 Å². The molecule has 2 rings (SSSR count). The number of hydrogen-bond acceptors (Lipinski definition) is 3. The molecule has 1 N–H and O–H groups in total. The van der Waals surface area contributed by atoms with Gasteiger partial charge in [0.05, 0.1) is 5.92 Å². The molecule has 2 aliphatic rings. The summed E-state index contributed by atoms with van der Waals surface area (Å²) in [7, 11) is 0. The van der Waals surface area contributed by atoms with Crippen LogP contribution in [-0.4, -0.2) is 25.2 Å². The molecule has 3 heteroatoms. The van der Waals surface area contributed by atoms with Crippen LogP contribution in [0.2, 0.25) is 0 Å². The number of carbonyl (C=O) groups is 1. The Morgan fingerprint density at radius 2 is 2.12 bits per heavy atom. The second-order valence-electron chi connectivity index (χ2n) is 5.37. The summed E-state index contributed by atoms with van der Waals surface area (Å²) in [6.45, 7) is 4.10. The Balaban J connectivity index is 1.77. The lowest BCUT2D eigenvalue weighted by atomic mass is 9.88. The largest absolute Gasteiger partial charge is 0.462 e. The molecule has 0 aromatic rings. The van der Waals surface area contributed by atoms with Gasteiger partial charge in [0.15, 0.2) is 0 Å². The molecule has 2 unspecified atom stereocenters. The third-order valence-corrected chi connectivity index (χ3v) is 3.80. The monoisotopic (exact) mass is 225 g/mol. The van der Waals surface area contributed by atoms with Gasteiger partial charge in [-0.15, -0.1) is 0 Å². The van der Waals surface area contributed by atoms with Gasteiger partial charge in [-0.25, -0.2) is 0 Å². The SMILES string of the molecule is CC1CCCC(OC(=O)[C@@H]2CCCNC2)C1. The highest BCUT2D eigenvalue weighted by molar-refractivity contribution is 5.73. The lowest BCUT2D eigenvalue weighted by molar-refractivity contribution is -0.156. The van der Waals surface area contributed by atoms with E-state index in [0.717, 1.165) is 44.7 Å². The van der Waals surface area contributed by atoms with E-state index < -0.39 is 0 Å². The van der Waals surface area contributed by atoms with E-state index in [0.29, 0.717) is 0 Å². The Morgan fingerprint density at radius 1 is 1.25 bits per heavy atom. The van der Waals surface area contributed by atoms with E-state index in [1.807, 2.05) is 0 Å². The van der Waals surface area contributed by atoms with Crippen molar-refractivity contribution < 1.29 is 9.53 Å². The van der Waals surface area contributed by atoms with Crippen molar-refractivity contribution in [3.05, 3.63) is 0 Å². The molecule has 16 heavy (non-hydrogen) atoms. The minimum atomic E-state index is 0.0336. The van der Waals surface area contributed by atoms with Crippen molar-refractivity contribution >= 4 is 5.97 Å². The zero-order valence-electron chi connectivity index (χ0n) is 10.2. The molecule has 0 aromatic carbocycles. The van der Waals surface area contributed by atoms with Gasteiger partial charge < -0.3 is 10.1 Å². The minimum absolute atomic E-state index is 0.0336. The summed E-state index contributed by atoms with van der Waals surface area (Å²) in [4.78, 5) is 11.9. The highest BCUT2D eigenvalue weighted by Crippen LogP contribution is 2.26. The standard InChI is InChI=1S/C13H23NO2/c1-10-4-2-6-12(8-10)16-13(15)11-5-3-7-14-9-11/h10-12,14H,2-9H2,1H3/t10?,11-,12?/m1/s1. The van der Waals surface area contributed by atoms with Gasteiger partial charge in [0.1, 0.15) is 6.10 Å². The van der Waals surface area contributed by atoms with Gasteiger partial charge >= 0.3 is 5.97 Å². The summed E-state index contributed by atoms with van der Waals surface area (Å²) < 4.78 is 5.62. The highest BCUT2D eigenvalue weighted by atomic mass is 16.5. The summed E-state index contributed by atoms with van der Waals surface area (Å²) in [6.07, 6.45) is 6.91. The molecule has 0 spiro atoms. The summed E-state index contributed by atoms with van der Waals surface area (Å²) in [5, 5.41) is 3.26. The molecule has 1 aliphatic heterocycles. The van der Waals surface area contributed by atoms with E-state index in [1.165, 1.54) is 12.8 Å². The number of esters is 1. The van der Waals surface area contributed by atoms with Crippen molar-refractivity contribution in [1.29, 1.82) is 0 Å². The third kappa shape index (κ3) is 3.21. The lowest BCUT2D eigenvalue weighted by Gasteiger charge is -2.29. The molecule has 2 fully saturated rings. The Hall–Kier alpha value is -0.570. The molecule has 3 atom stereocenters. The quantitative estimate of drug-likeness (QED) is 0.731.